The maximum absolute atomic E-state index is 13.3. The lowest BCUT2D eigenvalue weighted by molar-refractivity contribution is -0.138. The highest BCUT2D eigenvalue weighted by Gasteiger charge is 2.35. The largest absolute Gasteiger partial charge is 0.416 e. The number of fused-ring (bicyclic) bond motifs is 1. The summed E-state index contributed by atoms with van der Waals surface area (Å²) in [6.45, 7) is 0.636. The van der Waals surface area contributed by atoms with Crippen molar-refractivity contribution in [2.24, 2.45) is 0 Å². The molecule has 1 aliphatic heterocycles. The van der Waals surface area contributed by atoms with E-state index < -0.39 is 23.6 Å². The molecule has 0 saturated heterocycles. The van der Waals surface area contributed by atoms with Gasteiger partial charge in [0.2, 0.25) is 0 Å². The molecule has 6 nitrogen and oxygen atoms in total. The number of aromatic nitrogens is 2. The average molecular weight is 428 g/mol. The van der Waals surface area contributed by atoms with Crippen LogP contribution in [0, 0.1) is 0 Å². The Morgan fingerprint density at radius 2 is 1.74 bits per heavy atom. The lowest BCUT2D eigenvalue weighted by Gasteiger charge is -2.28. The van der Waals surface area contributed by atoms with Crippen molar-refractivity contribution in [3.63, 3.8) is 0 Å². The fraction of sp³-hybridized carbons (Fsp3) is 0.227. The number of halogens is 3. The van der Waals surface area contributed by atoms with Gasteiger partial charge in [-0.15, -0.1) is 0 Å². The molecule has 2 heterocycles. The Kier molecular flexibility index (Phi) is 5.50. The first-order chi connectivity index (χ1) is 14.8. The van der Waals surface area contributed by atoms with Gasteiger partial charge in [0.1, 0.15) is 5.69 Å². The maximum Gasteiger partial charge on any atom is 0.416 e. The second kappa shape index (κ2) is 8.25. The highest BCUT2D eigenvalue weighted by molar-refractivity contribution is 5.98. The van der Waals surface area contributed by atoms with Crippen LogP contribution >= 0.6 is 0 Å². The van der Waals surface area contributed by atoms with Gasteiger partial charge in [-0.3, -0.25) is 14.3 Å². The predicted molar refractivity (Wildman–Crippen MR) is 106 cm³/mol. The maximum atomic E-state index is 13.3. The number of nitrogens with zero attached hydrogens (tertiary/aromatic N) is 3. The van der Waals surface area contributed by atoms with Gasteiger partial charge < -0.3 is 10.2 Å². The first kappa shape index (κ1) is 20.6. The van der Waals surface area contributed by atoms with E-state index in [1.165, 1.54) is 33.8 Å². The molecule has 2 aromatic carbocycles. The van der Waals surface area contributed by atoms with Crippen LogP contribution in [0.4, 0.5) is 13.2 Å². The summed E-state index contributed by atoms with van der Waals surface area (Å²) in [6.07, 6.45) is -4.50. The highest BCUT2D eigenvalue weighted by Crippen LogP contribution is 2.32. The molecule has 3 aromatic rings. The number of alkyl halides is 3. The van der Waals surface area contributed by atoms with Crippen molar-refractivity contribution >= 4 is 11.8 Å². The van der Waals surface area contributed by atoms with Crippen LogP contribution in [0.5, 0.6) is 0 Å². The zero-order valence-corrected chi connectivity index (χ0v) is 16.4. The van der Waals surface area contributed by atoms with Crippen molar-refractivity contribution < 1.29 is 22.8 Å². The van der Waals surface area contributed by atoms with Crippen LogP contribution in [0.15, 0.2) is 60.7 Å². The summed E-state index contributed by atoms with van der Waals surface area (Å²) in [5.41, 5.74) is 0.461. The number of benzene rings is 2. The van der Waals surface area contributed by atoms with Crippen molar-refractivity contribution in [1.82, 2.24) is 20.0 Å². The summed E-state index contributed by atoms with van der Waals surface area (Å²) in [5, 5.41) is 6.94. The minimum atomic E-state index is -4.50. The quantitative estimate of drug-likeness (QED) is 0.677. The summed E-state index contributed by atoms with van der Waals surface area (Å²) >= 11 is 0. The van der Waals surface area contributed by atoms with Crippen LogP contribution in [0.1, 0.15) is 37.7 Å². The Bertz CT molecular complexity index is 1110. The smallest absolute Gasteiger partial charge is 0.347 e. The number of hydrogen-bond donors (Lipinski definition) is 1. The van der Waals surface area contributed by atoms with E-state index in [4.69, 9.17) is 0 Å². The fourth-order valence-corrected chi connectivity index (χ4v) is 3.51. The van der Waals surface area contributed by atoms with Gasteiger partial charge in [-0.25, -0.2) is 0 Å². The Morgan fingerprint density at radius 1 is 1.03 bits per heavy atom. The molecule has 4 rings (SSSR count). The molecule has 0 saturated carbocycles. The molecule has 31 heavy (non-hydrogen) atoms. The minimum absolute atomic E-state index is 0.0251. The van der Waals surface area contributed by atoms with Crippen LogP contribution in [0.2, 0.25) is 0 Å². The van der Waals surface area contributed by atoms with Crippen LogP contribution in [0.3, 0.4) is 0 Å². The van der Waals surface area contributed by atoms with Gasteiger partial charge in [-0.1, -0.05) is 48.5 Å². The Morgan fingerprint density at radius 3 is 2.48 bits per heavy atom. The average Bonchev–Trinajstić information content (AvgIpc) is 3.20. The van der Waals surface area contributed by atoms with Gasteiger partial charge in [-0.05, 0) is 17.2 Å². The van der Waals surface area contributed by atoms with E-state index in [1.807, 2.05) is 30.3 Å². The Balaban J connectivity index is 1.48. The van der Waals surface area contributed by atoms with E-state index in [9.17, 15) is 22.8 Å². The lowest BCUT2D eigenvalue weighted by Crippen LogP contribution is -2.40. The summed E-state index contributed by atoms with van der Waals surface area (Å²) in [6, 6.07) is 15.9. The zero-order valence-electron chi connectivity index (χ0n) is 16.4. The van der Waals surface area contributed by atoms with E-state index in [2.05, 4.69) is 10.4 Å². The van der Waals surface area contributed by atoms with E-state index in [0.29, 0.717) is 13.1 Å². The number of nitrogens with one attached hydrogen (secondary N) is 1. The third-order valence-electron chi connectivity index (χ3n) is 5.08. The second-order valence-corrected chi connectivity index (χ2v) is 7.19. The normalized spacial score (nSPS) is 13.8. The standard InChI is InChI=1S/C22H19F3N4O2/c23-22(24,25)17-9-5-4-8-16(17)14-28-10-11-29-19(21(28)31)12-18(27-29)20(30)26-13-15-6-2-1-3-7-15/h1-9,12H,10-11,13-14H2,(H,26,30). The Hall–Kier alpha value is -3.62. The summed E-state index contributed by atoms with van der Waals surface area (Å²) in [7, 11) is 0. The van der Waals surface area contributed by atoms with Gasteiger partial charge in [0, 0.05) is 25.7 Å². The molecule has 0 spiro atoms. The monoisotopic (exact) mass is 428 g/mol. The van der Waals surface area contributed by atoms with Crippen molar-refractivity contribution in [2.45, 2.75) is 25.8 Å². The van der Waals surface area contributed by atoms with Gasteiger partial charge in [0.25, 0.3) is 11.8 Å². The molecule has 0 aliphatic carbocycles. The zero-order chi connectivity index (χ0) is 22.0. The SMILES string of the molecule is O=C(NCc1ccccc1)c1cc2n(n1)CCN(Cc1ccccc1C(F)(F)F)C2=O. The molecule has 9 heteroatoms. The molecular formula is C22H19F3N4O2. The number of rotatable bonds is 5. The van der Waals surface area contributed by atoms with Gasteiger partial charge in [-0.2, -0.15) is 18.3 Å². The molecule has 160 valence electrons. The van der Waals surface area contributed by atoms with Gasteiger partial charge in [0.05, 0.1) is 12.1 Å². The van der Waals surface area contributed by atoms with E-state index >= 15 is 0 Å². The predicted octanol–water partition coefficient (Wildman–Crippen LogP) is 3.49. The van der Waals surface area contributed by atoms with E-state index in [-0.39, 0.29) is 30.0 Å². The van der Waals surface area contributed by atoms with Crippen molar-refractivity contribution in [1.29, 1.82) is 0 Å². The molecule has 0 atom stereocenters. The van der Waals surface area contributed by atoms with Crippen LogP contribution < -0.4 is 5.32 Å². The van der Waals surface area contributed by atoms with Crippen molar-refractivity contribution in [3.05, 3.63) is 88.7 Å². The minimum Gasteiger partial charge on any atom is -0.347 e. The molecule has 0 unspecified atom stereocenters. The topological polar surface area (TPSA) is 67.2 Å². The second-order valence-electron chi connectivity index (χ2n) is 7.19. The molecule has 1 N–H and O–H groups in total. The summed E-state index contributed by atoms with van der Waals surface area (Å²) in [4.78, 5) is 26.6. The first-order valence-electron chi connectivity index (χ1n) is 9.67. The van der Waals surface area contributed by atoms with E-state index in [0.717, 1.165) is 11.6 Å². The van der Waals surface area contributed by atoms with Crippen LogP contribution in [-0.2, 0) is 25.8 Å². The van der Waals surface area contributed by atoms with Crippen LogP contribution in [0.25, 0.3) is 0 Å². The molecule has 0 bridgehead atoms. The summed E-state index contributed by atoms with van der Waals surface area (Å²) in [5.74, 6) is -0.884. The van der Waals surface area contributed by atoms with E-state index in [1.54, 1.807) is 0 Å². The summed E-state index contributed by atoms with van der Waals surface area (Å²) < 4.78 is 41.2. The van der Waals surface area contributed by atoms with Gasteiger partial charge >= 0.3 is 6.18 Å². The third-order valence-corrected chi connectivity index (χ3v) is 5.08. The molecular weight excluding hydrogens is 409 g/mol. The first-order valence-corrected chi connectivity index (χ1v) is 9.67. The third kappa shape index (κ3) is 4.45. The molecule has 0 radical (unpaired) electrons. The van der Waals surface area contributed by atoms with Crippen molar-refractivity contribution in [2.75, 3.05) is 6.54 Å². The molecule has 1 aliphatic rings. The lowest BCUT2D eigenvalue weighted by atomic mass is 10.1. The number of carbonyl (C=O) groups excluding carboxylic acids is 2. The van der Waals surface area contributed by atoms with Gasteiger partial charge in [0.15, 0.2) is 5.69 Å². The number of hydrogen-bond acceptors (Lipinski definition) is 3. The number of carbonyl (C=O) groups is 2. The fourth-order valence-electron chi connectivity index (χ4n) is 3.51. The highest BCUT2D eigenvalue weighted by atomic mass is 19.4. The molecule has 2 amide bonds. The van der Waals surface area contributed by atoms with Crippen molar-refractivity contribution in [3.8, 4) is 0 Å². The Labute approximate surface area is 176 Å². The number of amides is 2. The molecule has 0 fully saturated rings. The molecule has 1 aromatic heterocycles. The van der Waals surface area contributed by atoms with Crippen LogP contribution in [-0.4, -0.2) is 33.0 Å².